The zero-order chi connectivity index (χ0) is 13.1. The number of carbonyl (C=O) groups excluding carboxylic acids is 1. The second kappa shape index (κ2) is 5.49. The fourth-order valence-corrected chi connectivity index (χ4v) is 3.06. The summed E-state index contributed by atoms with van der Waals surface area (Å²) in [5.41, 5.74) is 4.91. The first kappa shape index (κ1) is 13.0. The first-order valence-corrected chi connectivity index (χ1v) is 7.32. The number of hydrazine groups is 1. The molecule has 0 aromatic heterocycles. The van der Waals surface area contributed by atoms with Crippen molar-refractivity contribution in [1.29, 1.82) is 0 Å². The first-order valence-electron chi connectivity index (χ1n) is 5.83. The van der Waals surface area contributed by atoms with Crippen molar-refractivity contribution in [2.45, 2.75) is 6.92 Å². The molecule has 1 saturated heterocycles. The summed E-state index contributed by atoms with van der Waals surface area (Å²) in [5, 5.41) is 0. The van der Waals surface area contributed by atoms with Gasteiger partial charge in [-0.15, -0.1) is 0 Å². The van der Waals surface area contributed by atoms with Crippen LogP contribution in [0.3, 0.4) is 0 Å². The normalized spacial score (nSPS) is 16.7. The van der Waals surface area contributed by atoms with Gasteiger partial charge in [-0.3, -0.25) is 14.8 Å². The lowest BCUT2D eigenvalue weighted by Gasteiger charge is -2.27. The van der Waals surface area contributed by atoms with Crippen LogP contribution in [-0.4, -0.2) is 39.6 Å². The van der Waals surface area contributed by atoms with Gasteiger partial charge in [-0.05, 0) is 30.7 Å². The van der Waals surface area contributed by atoms with Gasteiger partial charge >= 0.3 is 0 Å². The minimum absolute atomic E-state index is 0.00720. The molecular formula is C12H17N3O2S. The number of benzene rings is 1. The molecule has 0 spiro atoms. The monoisotopic (exact) mass is 267 g/mol. The molecule has 6 heteroatoms. The Bertz CT molecular complexity index is 480. The number of nitrogen functional groups attached to an aromatic ring is 1. The van der Waals surface area contributed by atoms with Crippen molar-refractivity contribution >= 4 is 22.4 Å². The minimum Gasteiger partial charge on any atom is -0.337 e. The second-order valence-electron chi connectivity index (χ2n) is 4.31. The van der Waals surface area contributed by atoms with E-state index in [4.69, 9.17) is 5.84 Å². The number of rotatable bonds is 2. The summed E-state index contributed by atoms with van der Waals surface area (Å²) < 4.78 is 11.3. The van der Waals surface area contributed by atoms with Crippen molar-refractivity contribution in [2.24, 2.45) is 5.84 Å². The van der Waals surface area contributed by atoms with Gasteiger partial charge in [-0.1, -0.05) is 0 Å². The lowest BCUT2D eigenvalue weighted by atomic mass is 10.1. The van der Waals surface area contributed by atoms with Gasteiger partial charge in [0.2, 0.25) is 0 Å². The smallest absolute Gasteiger partial charge is 0.254 e. The SMILES string of the molecule is Cc1cc(NN)ccc1C(=O)N1CCS(=O)CC1. The number of aryl methyl sites for hydroxylation is 1. The highest BCUT2D eigenvalue weighted by molar-refractivity contribution is 7.85. The Kier molecular flexibility index (Phi) is 3.98. The van der Waals surface area contributed by atoms with E-state index in [1.807, 2.05) is 13.0 Å². The van der Waals surface area contributed by atoms with Crippen LogP contribution in [0, 0.1) is 6.92 Å². The molecule has 1 aliphatic heterocycles. The van der Waals surface area contributed by atoms with Crippen LogP contribution < -0.4 is 11.3 Å². The van der Waals surface area contributed by atoms with E-state index in [9.17, 15) is 9.00 Å². The molecule has 5 nitrogen and oxygen atoms in total. The van der Waals surface area contributed by atoms with E-state index in [0.717, 1.165) is 11.3 Å². The fraction of sp³-hybridized carbons (Fsp3) is 0.417. The van der Waals surface area contributed by atoms with E-state index in [0.29, 0.717) is 30.2 Å². The summed E-state index contributed by atoms with van der Waals surface area (Å²) in [5.74, 6) is 6.48. The average Bonchev–Trinajstić information content (AvgIpc) is 2.38. The molecule has 2 rings (SSSR count). The molecule has 0 saturated carbocycles. The maximum atomic E-state index is 12.3. The zero-order valence-electron chi connectivity index (χ0n) is 10.3. The molecule has 1 aromatic carbocycles. The lowest BCUT2D eigenvalue weighted by molar-refractivity contribution is 0.0770. The topological polar surface area (TPSA) is 75.4 Å². The molecule has 0 bridgehead atoms. The van der Waals surface area contributed by atoms with Crippen molar-refractivity contribution in [2.75, 3.05) is 30.0 Å². The van der Waals surface area contributed by atoms with Crippen LogP contribution in [0.2, 0.25) is 0 Å². The van der Waals surface area contributed by atoms with Crippen LogP contribution >= 0.6 is 0 Å². The number of nitrogens with two attached hydrogens (primary N) is 1. The number of anilines is 1. The molecule has 1 fully saturated rings. The third-order valence-electron chi connectivity index (χ3n) is 3.09. The maximum Gasteiger partial charge on any atom is 0.254 e. The molecule has 0 unspecified atom stereocenters. The Morgan fingerprint density at radius 2 is 2.06 bits per heavy atom. The van der Waals surface area contributed by atoms with Gasteiger partial charge < -0.3 is 10.3 Å². The molecule has 1 aliphatic rings. The zero-order valence-corrected chi connectivity index (χ0v) is 11.1. The predicted octanol–water partition coefficient (Wildman–Crippen LogP) is 0.485. The Balaban J connectivity index is 2.16. The lowest BCUT2D eigenvalue weighted by Crippen LogP contribution is -2.42. The molecule has 0 aliphatic carbocycles. The summed E-state index contributed by atoms with van der Waals surface area (Å²) in [7, 11) is -0.765. The van der Waals surface area contributed by atoms with Gasteiger partial charge in [0.05, 0.1) is 0 Å². The predicted molar refractivity (Wildman–Crippen MR) is 72.8 cm³/mol. The molecule has 1 aromatic rings. The van der Waals surface area contributed by atoms with Gasteiger partial charge in [0, 0.05) is 46.6 Å². The van der Waals surface area contributed by atoms with Crippen LogP contribution in [-0.2, 0) is 10.8 Å². The van der Waals surface area contributed by atoms with E-state index in [2.05, 4.69) is 5.43 Å². The van der Waals surface area contributed by atoms with Crippen LogP contribution in [0.4, 0.5) is 5.69 Å². The minimum atomic E-state index is -0.765. The number of nitrogens with one attached hydrogen (secondary N) is 1. The highest BCUT2D eigenvalue weighted by Gasteiger charge is 2.22. The van der Waals surface area contributed by atoms with Crippen LogP contribution in [0.5, 0.6) is 0 Å². The largest absolute Gasteiger partial charge is 0.337 e. The van der Waals surface area contributed by atoms with Crippen LogP contribution in [0.25, 0.3) is 0 Å². The molecule has 18 heavy (non-hydrogen) atoms. The third-order valence-corrected chi connectivity index (χ3v) is 4.36. The number of hydrogen-bond acceptors (Lipinski definition) is 4. The molecule has 1 amide bonds. The van der Waals surface area contributed by atoms with E-state index in [1.54, 1.807) is 17.0 Å². The summed E-state index contributed by atoms with van der Waals surface area (Å²) in [6, 6.07) is 5.40. The Morgan fingerprint density at radius 3 is 2.61 bits per heavy atom. The Morgan fingerprint density at radius 1 is 1.39 bits per heavy atom. The van der Waals surface area contributed by atoms with E-state index in [-0.39, 0.29) is 5.91 Å². The molecule has 3 N–H and O–H groups in total. The van der Waals surface area contributed by atoms with Gasteiger partial charge in [0.1, 0.15) is 0 Å². The van der Waals surface area contributed by atoms with E-state index in [1.165, 1.54) is 0 Å². The maximum absolute atomic E-state index is 12.3. The first-order chi connectivity index (χ1) is 8.61. The average molecular weight is 267 g/mol. The highest BCUT2D eigenvalue weighted by atomic mass is 32.2. The van der Waals surface area contributed by atoms with Crippen molar-refractivity contribution in [3.63, 3.8) is 0 Å². The van der Waals surface area contributed by atoms with Crippen molar-refractivity contribution in [3.8, 4) is 0 Å². The second-order valence-corrected chi connectivity index (χ2v) is 6.01. The third kappa shape index (κ3) is 2.70. The van der Waals surface area contributed by atoms with E-state index >= 15 is 0 Å². The van der Waals surface area contributed by atoms with Crippen molar-refractivity contribution in [3.05, 3.63) is 29.3 Å². The standard InChI is InChI=1S/C12H17N3O2S/c1-9-8-10(14-13)2-3-11(9)12(16)15-4-6-18(17)7-5-15/h2-3,8,14H,4-7,13H2,1H3. The quantitative estimate of drug-likeness (QED) is 0.604. The summed E-state index contributed by atoms with van der Waals surface area (Å²) in [6.45, 7) is 3.03. The number of amides is 1. The van der Waals surface area contributed by atoms with E-state index < -0.39 is 10.8 Å². The number of nitrogens with zero attached hydrogens (tertiary/aromatic N) is 1. The number of hydrogen-bond donors (Lipinski definition) is 2. The fourth-order valence-electron chi connectivity index (χ4n) is 2.00. The van der Waals surface area contributed by atoms with Gasteiger partial charge in [-0.2, -0.15) is 0 Å². The van der Waals surface area contributed by atoms with Gasteiger partial charge in [-0.25, -0.2) is 0 Å². The van der Waals surface area contributed by atoms with Crippen molar-refractivity contribution < 1.29 is 9.00 Å². The number of carbonyl (C=O) groups is 1. The van der Waals surface area contributed by atoms with Crippen molar-refractivity contribution in [1.82, 2.24) is 4.90 Å². The Hall–Kier alpha value is -1.40. The summed E-state index contributed by atoms with van der Waals surface area (Å²) in [4.78, 5) is 14.1. The summed E-state index contributed by atoms with van der Waals surface area (Å²) >= 11 is 0. The van der Waals surface area contributed by atoms with Crippen LogP contribution in [0.15, 0.2) is 18.2 Å². The molecule has 0 radical (unpaired) electrons. The van der Waals surface area contributed by atoms with Gasteiger partial charge in [0.15, 0.2) is 0 Å². The highest BCUT2D eigenvalue weighted by Crippen LogP contribution is 2.17. The van der Waals surface area contributed by atoms with Gasteiger partial charge in [0.25, 0.3) is 5.91 Å². The van der Waals surface area contributed by atoms with Crippen LogP contribution in [0.1, 0.15) is 15.9 Å². The Labute approximate surface area is 109 Å². The molecule has 1 heterocycles. The molecule has 98 valence electrons. The summed E-state index contributed by atoms with van der Waals surface area (Å²) in [6.07, 6.45) is 0. The molecular weight excluding hydrogens is 250 g/mol. The molecule has 0 atom stereocenters.